The average molecular weight is 623 g/mol. The summed E-state index contributed by atoms with van der Waals surface area (Å²) in [4.78, 5) is 34.0. The highest BCUT2D eigenvalue weighted by Gasteiger charge is 2.27. The van der Waals surface area contributed by atoms with Crippen LogP contribution in [0.4, 0.5) is 0 Å². The molecular formula is C31H59O10P. The smallest absolute Gasteiger partial charge is 0.457 e. The lowest BCUT2D eigenvalue weighted by Crippen LogP contribution is -2.28. The van der Waals surface area contributed by atoms with Crippen molar-refractivity contribution in [3.05, 3.63) is 12.2 Å². The van der Waals surface area contributed by atoms with E-state index in [1.807, 2.05) is 0 Å². The molecule has 0 aromatic carbocycles. The number of carbonyl (C=O) groups is 2. The molecule has 0 aliphatic rings. The topological polar surface area (TPSA) is 149 Å². The highest BCUT2D eigenvalue weighted by atomic mass is 31.2. The Morgan fingerprint density at radius 2 is 0.976 bits per heavy atom. The summed E-state index contributed by atoms with van der Waals surface area (Å²) in [7, 11) is -4.61. The van der Waals surface area contributed by atoms with Crippen molar-refractivity contribution in [3.8, 4) is 0 Å². The monoisotopic (exact) mass is 622 g/mol. The molecule has 0 saturated carbocycles. The zero-order valence-electron chi connectivity index (χ0n) is 26.2. The Labute approximate surface area is 254 Å². The van der Waals surface area contributed by atoms with Gasteiger partial charge in [0.1, 0.15) is 12.2 Å². The van der Waals surface area contributed by atoms with Gasteiger partial charge in [-0.25, -0.2) is 4.57 Å². The van der Waals surface area contributed by atoms with Gasteiger partial charge in [0, 0.05) is 12.8 Å². The van der Waals surface area contributed by atoms with E-state index in [9.17, 15) is 29.3 Å². The van der Waals surface area contributed by atoms with Gasteiger partial charge in [0.05, 0.1) is 26.4 Å². The predicted octanol–water partition coefficient (Wildman–Crippen LogP) is 6.94. The van der Waals surface area contributed by atoms with Gasteiger partial charge in [-0.2, -0.15) is 0 Å². The first-order chi connectivity index (χ1) is 20.3. The first-order valence-electron chi connectivity index (χ1n) is 16.1. The van der Waals surface area contributed by atoms with Crippen molar-refractivity contribution in [2.24, 2.45) is 0 Å². The summed E-state index contributed by atoms with van der Waals surface area (Å²) in [5.41, 5.74) is 0. The molecular weight excluding hydrogens is 563 g/mol. The minimum Gasteiger partial charge on any atom is -0.457 e. The second-order valence-corrected chi connectivity index (χ2v) is 12.2. The van der Waals surface area contributed by atoms with Crippen molar-refractivity contribution >= 4 is 19.8 Å². The molecule has 0 bridgehead atoms. The van der Waals surface area contributed by atoms with Crippen LogP contribution in [0.1, 0.15) is 136 Å². The van der Waals surface area contributed by atoms with Gasteiger partial charge in [-0.3, -0.25) is 18.6 Å². The third kappa shape index (κ3) is 26.3. The summed E-state index contributed by atoms with van der Waals surface area (Å²) in [6.07, 6.45) is 20.9. The Bertz CT molecular complexity index is 731. The van der Waals surface area contributed by atoms with Crippen molar-refractivity contribution in [3.63, 3.8) is 0 Å². The van der Waals surface area contributed by atoms with E-state index in [2.05, 4.69) is 26.0 Å². The summed E-state index contributed by atoms with van der Waals surface area (Å²) in [6, 6.07) is 0. The molecule has 3 unspecified atom stereocenters. The molecule has 0 heterocycles. The number of esters is 2. The van der Waals surface area contributed by atoms with Crippen LogP contribution in [0, 0.1) is 0 Å². The maximum atomic E-state index is 12.2. The Hall–Kier alpha value is -1.29. The van der Waals surface area contributed by atoms with E-state index in [0.717, 1.165) is 70.6 Å². The number of hydrogen-bond acceptors (Lipinski definition) is 9. The predicted molar refractivity (Wildman–Crippen MR) is 164 cm³/mol. The fourth-order valence-corrected chi connectivity index (χ4v) is 4.95. The third-order valence-corrected chi connectivity index (χ3v) is 7.68. The lowest BCUT2D eigenvalue weighted by molar-refractivity contribution is -0.153. The van der Waals surface area contributed by atoms with E-state index >= 15 is 0 Å². The molecule has 0 aliphatic heterocycles. The number of ether oxygens (including phenoxy) is 2. The summed E-state index contributed by atoms with van der Waals surface area (Å²) in [6.45, 7) is 2.07. The molecule has 0 aromatic rings. The van der Waals surface area contributed by atoms with Crippen LogP contribution in [0.15, 0.2) is 12.2 Å². The zero-order chi connectivity index (χ0) is 31.3. The summed E-state index contributed by atoms with van der Waals surface area (Å²) >= 11 is 0. The molecule has 248 valence electrons. The number of carbonyl (C=O) groups excluding carboxylic acids is 2. The van der Waals surface area contributed by atoms with Gasteiger partial charge in [-0.1, -0.05) is 96.6 Å². The minimum absolute atomic E-state index is 0.184. The van der Waals surface area contributed by atoms with Crippen molar-refractivity contribution in [1.29, 1.82) is 0 Å². The molecule has 0 fully saturated rings. The number of rotatable bonds is 30. The molecule has 0 aromatic heterocycles. The number of phosphoric ester groups is 1. The molecule has 0 saturated heterocycles. The first-order valence-corrected chi connectivity index (χ1v) is 17.6. The van der Waals surface area contributed by atoms with Crippen molar-refractivity contribution in [2.75, 3.05) is 26.4 Å². The number of unbranched alkanes of at least 4 members (excludes halogenated alkanes) is 14. The second-order valence-electron chi connectivity index (χ2n) is 10.8. The van der Waals surface area contributed by atoms with Gasteiger partial charge >= 0.3 is 19.8 Å². The normalized spacial score (nSPS) is 14.5. The van der Waals surface area contributed by atoms with Gasteiger partial charge in [-0.05, 0) is 38.5 Å². The summed E-state index contributed by atoms with van der Waals surface area (Å²) in [5, 5.41) is 18.9. The molecule has 0 radical (unpaired) electrons. The number of hydrogen-bond donors (Lipinski definition) is 3. The molecule has 0 spiro atoms. The summed E-state index contributed by atoms with van der Waals surface area (Å²) in [5.74, 6) is -1.04. The van der Waals surface area contributed by atoms with Crippen LogP contribution >= 0.6 is 7.82 Å². The van der Waals surface area contributed by atoms with Gasteiger partial charge < -0.3 is 24.6 Å². The van der Waals surface area contributed by atoms with Crippen molar-refractivity contribution in [1.82, 2.24) is 0 Å². The second kappa shape index (κ2) is 28.5. The number of aliphatic hydroxyl groups excluding tert-OH is 2. The van der Waals surface area contributed by atoms with Crippen LogP contribution in [-0.2, 0) is 32.7 Å². The summed E-state index contributed by atoms with van der Waals surface area (Å²) < 4.78 is 32.1. The van der Waals surface area contributed by atoms with E-state index in [4.69, 9.17) is 18.5 Å². The van der Waals surface area contributed by atoms with Crippen molar-refractivity contribution in [2.45, 2.75) is 148 Å². The van der Waals surface area contributed by atoms with E-state index in [1.54, 1.807) is 0 Å². The average Bonchev–Trinajstić information content (AvgIpc) is 2.97. The van der Waals surface area contributed by atoms with Gasteiger partial charge in [-0.15, -0.1) is 0 Å². The van der Waals surface area contributed by atoms with Gasteiger partial charge in [0.2, 0.25) is 0 Å². The number of aliphatic hydroxyl groups is 2. The molecule has 0 aliphatic carbocycles. The molecule has 0 amide bonds. The molecule has 3 N–H and O–H groups in total. The van der Waals surface area contributed by atoms with Gasteiger partial charge in [0.25, 0.3) is 0 Å². The highest BCUT2D eigenvalue weighted by molar-refractivity contribution is 7.47. The van der Waals surface area contributed by atoms with E-state index in [-0.39, 0.29) is 12.8 Å². The molecule has 0 rings (SSSR count). The first kappa shape index (κ1) is 40.7. The maximum Gasteiger partial charge on any atom is 0.472 e. The lowest BCUT2D eigenvalue weighted by Gasteiger charge is -2.20. The Morgan fingerprint density at radius 3 is 1.38 bits per heavy atom. The molecule has 10 nitrogen and oxygen atoms in total. The largest absolute Gasteiger partial charge is 0.472 e. The Balaban J connectivity index is 4.05. The quantitative estimate of drug-likeness (QED) is 0.0333. The van der Waals surface area contributed by atoms with E-state index in [1.165, 1.54) is 25.7 Å². The maximum absolute atomic E-state index is 12.2. The van der Waals surface area contributed by atoms with Crippen LogP contribution in [-0.4, -0.2) is 65.7 Å². The Morgan fingerprint density at radius 1 is 0.619 bits per heavy atom. The van der Waals surface area contributed by atoms with Crippen LogP contribution in [0.5, 0.6) is 0 Å². The molecule has 3 atom stereocenters. The lowest BCUT2D eigenvalue weighted by atomic mass is 10.1. The van der Waals surface area contributed by atoms with Crippen LogP contribution in [0.2, 0.25) is 0 Å². The fourth-order valence-electron chi connectivity index (χ4n) is 4.17. The fraction of sp³-hybridized carbons (Fsp3) is 0.871. The molecule has 11 heteroatoms. The van der Waals surface area contributed by atoms with Crippen LogP contribution in [0.25, 0.3) is 0 Å². The molecule has 42 heavy (non-hydrogen) atoms. The standard InChI is InChI=1S/C31H59O10P/c1-3-5-7-9-11-12-13-14-15-16-17-19-21-23-31(35)41-29(25-33)27-39-42(36,37)38-26-28(24-32)40-30(34)22-20-18-10-8-6-4-2/h12-13,28-29,32-33H,3-11,14-27H2,1-2H3,(H,36,37)/b13-12-. The van der Waals surface area contributed by atoms with Crippen LogP contribution in [0.3, 0.4) is 0 Å². The number of allylic oxidation sites excluding steroid dienone is 2. The van der Waals surface area contributed by atoms with E-state index < -0.39 is 58.4 Å². The van der Waals surface area contributed by atoms with Gasteiger partial charge in [0.15, 0.2) is 0 Å². The van der Waals surface area contributed by atoms with Crippen molar-refractivity contribution < 1.29 is 47.8 Å². The van der Waals surface area contributed by atoms with Crippen LogP contribution < -0.4 is 0 Å². The minimum atomic E-state index is -4.61. The SMILES string of the molecule is CCCCCC/C=C\CCCCCCCC(=O)OC(CO)COP(=O)(O)OCC(CO)OC(=O)CCCCCCCC. The zero-order valence-corrected chi connectivity index (χ0v) is 27.1. The third-order valence-electron chi connectivity index (χ3n) is 6.73. The highest BCUT2D eigenvalue weighted by Crippen LogP contribution is 2.43. The number of phosphoric acid groups is 1. The Kier molecular flexibility index (Phi) is 27.6. The van der Waals surface area contributed by atoms with E-state index in [0.29, 0.717) is 12.8 Å².